The number of aryl methyl sites for hydroxylation is 1. The van der Waals surface area contributed by atoms with Gasteiger partial charge < -0.3 is 10.1 Å². The van der Waals surface area contributed by atoms with Crippen molar-refractivity contribution in [3.63, 3.8) is 0 Å². The molecule has 1 aromatic carbocycles. The van der Waals surface area contributed by atoms with Gasteiger partial charge >= 0.3 is 0 Å². The third-order valence-electron chi connectivity index (χ3n) is 3.30. The van der Waals surface area contributed by atoms with Crippen molar-refractivity contribution in [1.29, 1.82) is 0 Å². The van der Waals surface area contributed by atoms with Gasteiger partial charge in [0.05, 0.1) is 0 Å². The molecule has 1 saturated heterocycles. The summed E-state index contributed by atoms with van der Waals surface area (Å²) in [5, 5.41) is 3.48. The van der Waals surface area contributed by atoms with Crippen molar-refractivity contribution in [3.05, 3.63) is 29.8 Å². The molecule has 1 aromatic rings. The summed E-state index contributed by atoms with van der Waals surface area (Å²) in [7, 11) is 5.73. The number of nitrogens with one attached hydrogen (secondary N) is 1. The quantitative estimate of drug-likeness (QED) is 0.780. The number of benzene rings is 1. The number of nitrogens with zero attached hydrogens (tertiary/aromatic N) is 2. The van der Waals surface area contributed by atoms with Crippen LogP contribution in [0.3, 0.4) is 0 Å². The Balaban J connectivity index is 1.71. The van der Waals surface area contributed by atoms with Crippen LogP contribution in [0.4, 0.5) is 5.69 Å². The summed E-state index contributed by atoms with van der Waals surface area (Å²) >= 11 is 0. The Hall–Kier alpha value is -0.995. The molecule has 2 radical (unpaired) electrons. The molecule has 0 spiro atoms. The average Bonchev–Trinajstić information content (AvgIpc) is 2.34. The number of piperazine rings is 1. The number of anilines is 1. The predicted octanol–water partition coefficient (Wildman–Crippen LogP) is 1.11. The molecular weight excluding hydrogens is 209 g/mol. The van der Waals surface area contributed by atoms with Crippen molar-refractivity contribution in [1.82, 2.24) is 9.71 Å². The molecule has 0 amide bonds. The first kappa shape index (κ1) is 12.5. The van der Waals surface area contributed by atoms with Gasteiger partial charge in [0.2, 0.25) is 0 Å². The second-order valence-corrected chi connectivity index (χ2v) is 4.62. The molecule has 2 rings (SSSR count). The van der Waals surface area contributed by atoms with Crippen LogP contribution in [0.15, 0.2) is 24.3 Å². The van der Waals surface area contributed by atoms with Crippen molar-refractivity contribution in [2.45, 2.75) is 6.92 Å². The minimum Gasteiger partial charge on any atom is -0.384 e. The highest BCUT2D eigenvalue weighted by atomic mass is 15.2. The second kappa shape index (κ2) is 6.08. The SMILES string of the molecule is [B]N1CCN(CCNc2ccccc2C)CC1. The lowest BCUT2D eigenvalue weighted by atomic mass is 10.2. The van der Waals surface area contributed by atoms with Crippen LogP contribution >= 0.6 is 0 Å². The number of rotatable bonds is 4. The Morgan fingerprint density at radius 2 is 1.88 bits per heavy atom. The molecule has 0 aromatic heterocycles. The van der Waals surface area contributed by atoms with Crippen molar-refractivity contribution in [3.8, 4) is 0 Å². The highest BCUT2D eigenvalue weighted by molar-refractivity contribution is 6.04. The van der Waals surface area contributed by atoms with E-state index in [1.165, 1.54) is 11.3 Å². The van der Waals surface area contributed by atoms with E-state index in [9.17, 15) is 0 Å². The largest absolute Gasteiger partial charge is 0.384 e. The maximum absolute atomic E-state index is 5.73. The van der Waals surface area contributed by atoms with E-state index in [0.717, 1.165) is 39.3 Å². The zero-order valence-corrected chi connectivity index (χ0v) is 10.5. The van der Waals surface area contributed by atoms with E-state index < -0.39 is 0 Å². The Bertz CT molecular complexity index is 348. The third kappa shape index (κ3) is 3.75. The molecule has 4 heteroatoms. The normalized spacial score (nSPS) is 18.2. The molecule has 1 aliphatic rings. The summed E-state index contributed by atoms with van der Waals surface area (Å²) in [6.45, 7) is 8.32. The van der Waals surface area contributed by atoms with Gasteiger partial charge in [-0.3, -0.25) is 4.90 Å². The number of para-hydroxylation sites is 1. The van der Waals surface area contributed by atoms with Crippen LogP contribution in [-0.4, -0.2) is 57.0 Å². The molecule has 0 atom stereocenters. The molecule has 0 saturated carbocycles. The summed E-state index contributed by atoms with van der Waals surface area (Å²) < 4.78 is 0. The molecule has 0 aliphatic carbocycles. The Kier molecular flexibility index (Phi) is 4.46. The second-order valence-electron chi connectivity index (χ2n) is 4.62. The van der Waals surface area contributed by atoms with Crippen LogP contribution in [0, 0.1) is 6.92 Å². The summed E-state index contributed by atoms with van der Waals surface area (Å²) in [5.41, 5.74) is 2.55. The molecule has 1 aliphatic heterocycles. The zero-order chi connectivity index (χ0) is 12.1. The first-order chi connectivity index (χ1) is 8.25. The van der Waals surface area contributed by atoms with Crippen LogP contribution in [0.2, 0.25) is 0 Å². The van der Waals surface area contributed by atoms with E-state index in [1.807, 2.05) is 4.81 Å². The van der Waals surface area contributed by atoms with Gasteiger partial charge in [0.15, 0.2) is 7.98 Å². The monoisotopic (exact) mass is 229 g/mol. The van der Waals surface area contributed by atoms with Crippen LogP contribution in [0.1, 0.15) is 5.56 Å². The van der Waals surface area contributed by atoms with Crippen molar-refractivity contribution in [2.24, 2.45) is 0 Å². The fraction of sp³-hybridized carbons (Fsp3) is 0.538. The van der Waals surface area contributed by atoms with Crippen molar-refractivity contribution < 1.29 is 0 Å². The van der Waals surface area contributed by atoms with E-state index in [1.54, 1.807) is 0 Å². The lowest BCUT2D eigenvalue weighted by Gasteiger charge is -2.32. The van der Waals surface area contributed by atoms with Gasteiger partial charge in [-0.1, -0.05) is 18.2 Å². The summed E-state index contributed by atoms with van der Waals surface area (Å²) in [6, 6.07) is 8.41. The van der Waals surface area contributed by atoms with Crippen molar-refractivity contribution >= 4 is 13.7 Å². The molecule has 0 unspecified atom stereocenters. The maximum atomic E-state index is 5.73. The van der Waals surface area contributed by atoms with Gasteiger partial charge in [-0.25, -0.2) is 0 Å². The molecule has 3 nitrogen and oxygen atoms in total. The lowest BCUT2D eigenvalue weighted by Crippen LogP contribution is -2.46. The molecule has 1 fully saturated rings. The Morgan fingerprint density at radius 1 is 1.18 bits per heavy atom. The van der Waals surface area contributed by atoms with Crippen LogP contribution in [-0.2, 0) is 0 Å². The molecule has 0 bridgehead atoms. The zero-order valence-electron chi connectivity index (χ0n) is 10.5. The highest BCUT2D eigenvalue weighted by Gasteiger charge is 2.12. The van der Waals surface area contributed by atoms with Crippen molar-refractivity contribution in [2.75, 3.05) is 44.6 Å². The van der Waals surface area contributed by atoms with E-state index in [4.69, 9.17) is 7.98 Å². The van der Waals surface area contributed by atoms with Crippen LogP contribution < -0.4 is 5.32 Å². The van der Waals surface area contributed by atoms with Gasteiger partial charge in [0.25, 0.3) is 0 Å². The predicted molar refractivity (Wildman–Crippen MR) is 73.4 cm³/mol. The van der Waals surface area contributed by atoms with Gasteiger partial charge in [0, 0.05) is 31.9 Å². The van der Waals surface area contributed by atoms with E-state index in [2.05, 4.69) is 41.4 Å². The van der Waals surface area contributed by atoms with Crippen LogP contribution in [0.25, 0.3) is 0 Å². The standard InChI is InChI=1S/C13H20BN3/c1-12-4-2-3-5-13(12)15-6-7-16-8-10-17(14)11-9-16/h2-5,15H,6-11H2,1H3. The summed E-state index contributed by atoms with van der Waals surface area (Å²) in [4.78, 5) is 4.35. The first-order valence-electron chi connectivity index (χ1n) is 6.27. The topological polar surface area (TPSA) is 18.5 Å². The smallest absolute Gasteiger partial charge is 0.182 e. The number of hydrogen-bond acceptors (Lipinski definition) is 3. The van der Waals surface area contributed by atoms with Gasteiger partial charge in [-0.15, -0.1) is 0 Å². The summed E-state index contributed by atoms with van der Waals surface area (Å²) in [6.07, 6.45) is 0. The molecule has 90 valence electrons. The van der Waals surface area contributed by atoms with E-state index in [0.29, 0.717) is 0 Å². The van der Waals surface area contributed by atoms with Crippen LogP contribution in [0.5, 0.6) is 0 Å². The first-order valence-corrected chi connectivity index (χ1v) is 6.27. The molecule has 17 heavy (non-hydrogen) atoms. The van der Waals surface area contributed by atoms with Gasteiger partial charge in [0.1, 0.15) is 0 Å². The Labute approximate surface area is 105 Å². The summed E-state index contributed by atoms with van der Waals surface area (Å²) in [5.74, 6) is 0. The molecular formula is C13H20BN3. The number of hydrogen-bond donors (Lipinski definition) is 1. The van der Waals surface area contributed by atoms with Gasteiger partial charge in [-0.05, 0) is 31.6 Å². The van der Waals surface area contributed by atoms with E-state index in [-0.39, 0.29) is 0 Å². The minimum absolute atomic E-state index is 0.977. The maximum Gasteiger partial charge on any atom is 0.182 e. The lowest BCUT2D eigenvalue weighted by molar-refractivity contribution is 0.197. The van der Waals surface area contributed by atoms with E-state index >= 15 is 0 Å². The average molecular weight is 229 g/mol. The fourth-order valence-corrected chi connectivity index (χ4v) is 2.11. The molecule has 1 heterocycles. The minimum atomic E-state index is 0.977. The highest BCUT2D eigenvalue weighted by Crippen LogP contribution is 2.12. The van der Waals surface area contributed by atoms with Gasteiger partial charge in [-0.2, -0.15) is 0 Å². The third-order valence-corrected chi connectivity index (χ3v) is 3.30. The fourth-order valence-electron chi connectivity index (χ4n) is 2.11. The Morgan fingerprint density at radius 3 is 2.59 bits per heavy atom. The molecule has 1 N–H and O–H groups in total.